The number of nitrogens with zero attached hydrogens (tertiary/aromatic N) is 4. The lowest BCUT2D eigenvalue weighted by atomic mass is 9.96. The molecule has 1 fully saturated rings. The van der Waals surface area contributed by atoms with Crippen LogP contribution in [0.25, 0.3) is 11.1 Å². The molecule has 1 saturated heterocycles. The van der Waals surface area contributed by atoms with Crippen molar-refractivity contribution in [1.29, 1.82) is 0 Å². The number of anilines is 1. The number of likely N-dealkylation sites (tertiary alicyclic amines) is 1. The lowest BCUT2D eigenvalue weighted by Crippen LogP contribution is -2.25. The fourth-order valence-corrected chi connectivity index (χ4v) is 4.63. The number of benzene rings is 1. The van der Waals surface area contributed by atoms with Gasteiger partial charge in [-0.05, 0) is 93.1 Å². The Morgan fingerprint density at radius 3 is 2.48 bits per heavy atom. The van der Waals surface area contributed by atoms with Crippen molar-refractivity contribution in [1.82, 2.24) is 19.9 Å². The molecule has 1 atom stereocenters. The molecule has 0 aliphatic carbocycles. The van der Waals surface area contributed by atoms with Crippen LogP contribution in [0.3, 0.4) is 0 Å². The molecule has 0 amide bonds. The summed E-state index contributed by atoms with van der Waals surface area (Å²) in [4.78, 5) is 15.8. The van der Waals surface area contributed by atoms with Gasteiger partial charge in [0, 0.05) is 30.2 Å². The molecular formula is C25H31N5O. The number of nitrogens with two attached hydrogens (primary N) is 1. The van der Waals surface area contributed by atoms with Crippen molar-refractivity contribution < 1.29 is 4.74 Å². The Hall–Kier alpha value is -2.99. The molecule has 0 bridgehead atoms. The van der Waals surface area contributed by atoms with Crippen LogP contribution in [0, 0.1) is 27.7 Å². The van der Waals surface area contributed by atoms with E-state index in [2.05, 4.69) is 53.8 Å². The second-order valence-electron chi connectivity index (χ2n) is 8.50. The molecule has 3 heterocycles. The smallest absolute Gasteiger partial charge is 0.219 e. The summed E-state index contributed by atoms with van der Waals surface area (Å²) in [7, 11) is 1.74. The molecule has 3 aromatic rings. The number of hydrogen-bond acceptors (Lipinski definition) is 6. The van der Waals surface area contributed by atoms with Crippen LogP contribution in [-0.4, -0.2) is 33.5 Å². The maximum atomic E-state index is 5.66. The average Bonchev–Trinajstić information content (AvgIpc) is 3.22. The maximum absolute atomic E-state index is 5.66. The molecule has 4 rings (SSSR count). The summed E-state index contributed by atoms with van der Waals surface area (Å²) in [6, 6.07) is 6.73. The second kappa shape index (κ2) is 8.63. The summed E-state index contributed by atoms with van der Waals surface area (Å²) in [5.74, 6) is 1.25. The van der Waals surface area contributed by atoms with Crippen molar-refractivity contribution in [3.05, 3.63) is 64.2 Å². The third kappa shape index (κ3) is 4.26. The molecular weight excluding hydrogens is 386 g/mol. The highest BCUT2D eigenvalue weighted by atomic mass is 16.5. The van der Waals surface area contributed by atoms with Crippen LogP contribution < -0.4 is 10.5 Å². The van der Waals surface area contributed by atoms with Gasteiger partial charge in [-0.3, -0.25) is 9.88 Å². The van der Waals surface area contributed by atoms with Gasteiger partial charge in [-0.15, -0.1) is 0 Å². The number of hydrogen-bond donors (Lipinski definition) is 1. The minimum atomic E-state index is 0.289. The van der Waals surface area contributed by atoms with Gasteiger partial charge in [0.15, 0.2) is 0 Å². The van der Waals surface area contributed by atoms with Crippen molar-refractivity contribution in [2.24, 2.45) is 0 Å². The Kier molecular flexibility index (Phi) is 5.92. The minimum absolute atomic E-state index is 0.289. The molecule has 0 spiro atoms. The zero-order valence-corrected chi connectivity index (χ0v) is 19.1. The number of pyridine rings is 1. The molecule has 162 valence electrons. The highest BCUT2D eigenvalue weighted by Crippen LogP contribution is 2.36. The molecule has 1 aliphatic heterocycles. The Balaban J connectivity index is 1.65. The first-order chi connectivity index (χ1) is 14.9. The van der Waals surface area contributed by atoms with Gasteiger partial charge >= 0.3 is 0 Å². The number of aromatic nitrogens is 3. The molecule has 2 aromatic heterocycles. The van der Waals surface area contributed by atoms with E-state index in [4.69, 9.17) is 15.5 Å². The van der Waals surface area contributed by atoms with Gasteiger partial charge in [-0.25, -0.2) is 9.97 Å². The molecule has 2 N–H and O–H groups in total. The average molecular weight is 418 g/mol. The van der Waals surface area contributed by atoms with Gasteiger partial charge < -0.3 is 10.5 Å². The molecule has 0 radical (unpaired) electrons. The van der Waals surface area contributed by atoms with Crippen LogP contribution in [-0.2, 0) is 6.54 Å². The highest BCUT2D eigenvalue weighted by molar-refractivity contribution is 5.63. The topological polar surface area (TPSA) is 77.2 Å². The first-order valence-corrected chi connectivity index (χ1v) is 10.8. The van der Waals surface area contributed by atoms with E-state index in [0.717, 1.165) is 47.8 Å². The fraction of sp³-hybridized carbons (Fsp3) is 0.400. The van der Waals surface area contributed by atoms with E-state index in [-0.39, 0.29) is 5.95 Å². The van der Waals surface area contributed by atoms with E-state index in [9.17, 15) is 0 Å². The lowest BCUT2D eigenvalue weighted by Gasteiger charge is -2.27. The Morgan fingerprint density at radius 2 is 1.77 bits per heavy atom. The van der Waals surface area contributed by atoms with Crippen LogP contribution in [0.15, 0.2) is 30.6 Å². The predicted molar refractivity (Wildman–Crippen MR) is 124 cm³/mol. The van der Waals surface area contributed by atoms with Gasteiger partial charge in [0.1, 0.15) is 5.75 Å². The molecule has 6 heteroatoms. The third-order valence-electron chi connectivity index (χ3n) is 6.47. The molecule has 6 nitrogen and oxygen atoms in total. The molecule has 1 aromatic carbocycles. The maximum Gasteiger partial charge on any atom is 0.219 e. The van der Waals surface area contributed by atoms with Gasteiger partial charge in [0.25, 0.3) is 0 Å². The molecule has 1 unspecified atom stereocenters. The monoisotopic (exact) mass is 417 g/mol. The van der Waals surface area contributed by atoms with Crippen molar-refractivity contribution in [3.63, 3.8) is 0 Å². The summed E-state index contributed by atoms with van der Waals surface area (Å²) < 4.78 is 5.56. The van der Waals surface area contributed by atoms with E-state index in [1.54, 1.807) is 19.5 Å². The van der Waals surface area contributed by atoms with Crippen LogP contribution in [0.4, 0.5) is 5.95 Å². The minimum Gasteiger partial charge on any atom is -0.496 e. The zero-order valence-electron chi connectivity index (χ0n) is 19.1. The summed E-state index contributed by atoms with van der Waals surface area (Å²) >= 11 is 0. The van der Waals surface area contributed by atoms with Crippen molar-refractivity contribution >= 4 is 5.95 Å². The van der Waals surface area contributed by atoms with Gasteiger partial charge in [0.2, 0.25) is 5.95 Å². The number of ether oxygens (including phenoxy) is 1. The second-order valence-corrected chi connectivity index (χ2v) is 8.50. The SMILES string of the molecule is COc1cc(C)c(CN2CCCC2c2cc(-c3cnc(N)nc3)cc(C)n2)c(C)c1C. The van der Waals surface area contributed by atoms with Crippen LogP contribution >= 0.6 is 0 Å². The first-order valence-electron chi connectivity index (χ1n) is 10.8. The van der Waals surface area contributed by atoms with Crippen LogP contribution in [0.1, 0.15) is 52.5 Å². The standard InChI is InChI=1S/C25H31N5O/c1-15-9-24(31-5)18(4)17(3)21(15)14-30-8-6-7-23(30)22-11-19(10-16(2)29-22)20-12-27-25(26)28-13-20/h9-13,23H,6-8,14H2,1-5H3,(H2,26,27,28). The van der Waals surface area contributed by atoms with Crippen molar-refractivity contribution in [2.75, 3.05) is 19.4 Å². The number of aryl methyl sites for hydroxylation is 2. The van der Waals surface area contributed by atoms with E-state index in [0.29, 0.717) is 6.04 Å². The largest absolute Gasteiger partial charge is 0.496 e. The Morgan fingerprint density at radius 1 is 1.03 bits per heavy atom. The fourth-order valence-electron chi connectivity index (χ4n) is 4.63. The quantitative estimate of drug-likeness (QED) is 0.648. The van der Waals surface area contributed by atoms with Gasteiger partial charge in [-0.2, -0.15) is 0 Å². The van der Waals surface area contributed by atoms with E-state index in [1.165, 1.54) is 28.7 Å². The summed E-state index contributed by atoms with van der Waals surface area (Å²) in [5, 5.41) is 0. The summed E-state index contributed by atoms with van der Waals surface area (Å²) in [5.41, 5.74) is 15.0. The number of methoxy groups -OCH3 is 1. The number of rotatable bonds is 5. The van der Waals surface area contributed by atoms with Gasteiger partial charge in [0.05, 0.1) is 18.8 Å². The summed E-state index contributed by atoms with van der Waals surface area (Å²) in [6.45, 7) is 10.6. The molecule has 0 saturated carbocycles. The predicted octanol–water partition coefficient (Wildman–Crippen LogP) is 4.70. The zero-order chi connectivity index (χ0) is 22.1. The van der Waals surface area contributed by atoms with E-state index >= 15 is 0 Å². The van der Waals surface area contributed by atoms with Gasteiger partial charge in [-0.1, -0.05) is 0 Å². The Labute approximate surface area is 184 Å². The van der Waals surface area contributed by atoms with Crippen LogP contribution in [0.5, 0.6) is 5.75 Å². The van der Waals surface area contributed by atoms with Crippen molar-refractivity contribution in [3.8, 4) is 16.9 Å². The first kappa shape index (κ1) is 21.2. The van der Waals surface area contributed by atoms with E-state index < -0.39 is 0 Å². The van der Waals surface area contributed by atoms with Crippen molar-refractivity contribution in [2.45, 2.75) is 53.1 Å². The molecule has 31 heavy (non-hydrogen) atoms. The highest BCUT2D eigenvalue weighted by Gasteiger charge is 2.29. The Bertz CT molecular complexity index is 1090. The number of nitrogen functional groups attached to an aromatic ring is 1. The summed E-state index contributed by atoms with van der Waals surface area (Å²) in [6.07, 6.45) is 5.84. The lowest BCUT2D eigenvalue weighted by molar-refractivity contribution is 0.243. The van der Waals surface area contributed by atoms with E-state index in [1.807, 2.05) is 6.92 Å². The third-order valence-corrected chi connectivity index (χ3v) is 6.47. The van der Waals surface area contributed by atoms with Crippen LogP contribution in [0.2, 0.25) is 0 Å². The normalized spacial score (nSPS) is 16.6. The molecule has 1 aliphatic rings.